The van der Waals surface area contributed by atoms with Gasteiger partial charge in [-0.3, -0.25) is 9.59 Å². The molecule has 0 saturated carbocycles. The molecule has 0 fully saturated rings. The monoisotopic (exact) mass is 370 g/mol. The Morgan fingerprint density at radius 3 is 2.65 bits per heavy atom. The quantitative estimate of drug-likeness (QED) is 0.724. The molecule has 6 heteroatoms. The summed E-state index contributed by atoms with van der Waals surface area (Å²) in [5, 5.41) is 14.1. The van der Waals surface area contributed by atoms with Crippen molar-refractivity contribution in [3.05, 3.63) is 75.7 Å². The number of amides is 1. The molecule has 1 heterocycles. The van der Waals surface area contributed by atoms with Crippen LogP contribution in [0.2, 0.25) is 5.02 Å². The van der Waals surface area contributed by atoms with Gasteiger partial charge in [-0.25, -0.2) is 0 Å². The van der Waals surface area contributed by atoms with Gasteiger partial charge in [-0.05, 0) is 36.8 Å². The molecule has 0 radical (unpaired) electrons. The van der Waals surface area contributed by atoms with E-state index in [-0.39, 0.29) is 24.4 Å². The van der Waals surface area contributed by atoms with Gasteiger partial charge in [0.15, 0.2) is 0 Å². The summed E-state index contributed by atoms with van der Waals surface area (Å²) in [7, 11) is 0. The van der Waals surface area contributed by atoms with Crippen LogP contribution in [0.4, 0.5) is 5.69 Å². The van der Waals surface area contributed by atoms with E-state index in [1.807, 2.05) is 12.1 Å². The van der Waals surface area contributed by atoms with Crippen LogP contribution in [0, 0.1) is 0 Å². The summed E-state index contributed by atoms with van der Waals surface area (Å²) >= 11 is 6.10. The molecule has 0 bridgehead atoms. The van der Waals surface area contributed by atoms with Crippen molar-refractivity contribution in [3.8, 4) is 0 Å². The highest BCUT2D eigenvalue weighted by Crippen LogP contribution is 2.22. The number of halogens is 1. The van der Waals surface area contributed by atoms with Crippen LogP contribution in [-0.4, -0.2) is 21.7 Å². The number of aliphatic hydroxyl groups excluding tert-OH is 1. The molecule has 2 N–H and O–H groups in total. The first-order valence-electron chi connectivity index (χ1n) is 8.29. The molecular formula is C20H19ClN2O3. The molecule has 0 aliphatic heterocycles. The third-order valence-electron chi connectivity index (χ3n) is 4.06. The maximum atomic E-state index is 12.6. The van der Waals surface area contributed by atoms with Crippen LogP contribution in [0.1, 0.15) is 12.5 Å². The van der Waals surface area contributed by atoms with Crippen molar-refractivity contribution in [1.82, 2.24) is 4.57 Å². The summed E-state index contributed by atoms with van der Waals surface area (Å²) in [4.78, 5) is 24.9. The van der Waals surface area contributed by atoms with Crippen LogP contribution in [-0.2, 0) is 17.8 Å². The van der Waals surface area contributed by atoms with Crippen molar-refractivity contribution in [2.75, 3.05) is 5.32 Å². The van der Waals surface area contributed by atoms with Gasteiger partial charge in [0.1, 0.15) is 0 Å². The highest BCUT2D eigenvalue weighted by Gasteiger charge is 2.11. The van der Waals surface area contributed by atoms with E-state index < -0.39 is 6.10 Å². The molecule has 5 nitrogen and oxygen atoms in total. The summed E-state index contributed by atoms with van der Waals surface area (Å²) in [6, 6.07) is 14.1. The van der Waals surface area contributed by atoms with Crippen molar-refractivity contribution >= 4 is 34.0 Å². The third-order valence-corrected chi connectivity index (χ3v) is 4.43. The van der Waals surface area contributed by atoms with Crippen molar-refractivity contribution in [2.24, 2.45) is 0 Å². The third kappa shape index (κ3) is 3.95. The fraction of sp³-hybridized carbons (Fsp3) is 0.200. The second kappa shape index (κ2) is 7.72. The number of nitrogens with one attached hydrogen (secondary N) is 1. The van der Waals surface area contributed by atoms with E-state index in [4.69, 9.17) is 11.6 Å². The molecule has 1 aromatic heterocycles. The summed E-state index contributed by atoms with van der Waals surface area (Å²) < 4.78 is 1.46. The van der Waals surface area contributed by atoms with Gasteiger partial charge in [0.05, 0.1) is 19.1 Å². The minimum Gasteiger partial charge on any atom is -0.392 e. The van der Waals surface area contributed by atoms with Gasteiger partial charge >= 0.3 is 0 Å². The highest BCUT2D eigenvalue weighted by atomic mass is 35.5. The Morgan fingerprint density at radius 1 is 1.15 bits per heavy atom. The molecule has 0 spiro atoms. The van der Waals surface area contributed by atoms with E-state index in [1.54, 1.807) is 49.5 Å². The zero-order chi connectivity index (χ0) is 18.7. The number of benzene rings is 2. The first kappa shape index (κ1) is 18.2. The van der Waals surface area contributed by atoms with Crippen LogP contribution in [0.5, 0.6) is 0 Å². The molecule has 3 aromatic rings. The lowest BCUT2D eigenvalue weighted by molar-refractivity contribution is -0.115. The van der Waals surface area contributed by atoms with E-state index >= 15 is 0 Å². The zero-order valence-corrected chi connectivity index (χ0v) is 15.0. The van der Waals surface area contributed by atoms with Gasteiger partial charge in [-0.15, -0.1) is 0 Å². The van der Waals surface area contributed by atoms with Crippen molar-refractivity contribution in [2.45, 2.75) is 26.0 Å². The number of fused-ring (bicyclic) bond motifs is 1. The summed E-state index contributed by atoms with van der Waals surface area (Å²) in [5.41, 5.74) is 1.11. The maximum Gasteiger partial charge on any atom is 0.258 e. The van der Waals surface area contributed by atoms with Crippen LogP contribution < -0.4 is 10.9 Å². The van der Waals surface area contributed by atoms with E-state index in [1.165, 1.54) is 4.57 Å². The smallest absolute Gasteiger partial charge is 0.258 e. The van der Waals surface area contributed by atoms with Gasteiger partial charge in [0, 0.05) is 27.7 Å². The van der Waals surface area contributed by atoms with Crippen molar-refractivity contribution < 1.29 is 9.90 Å². The second-order valence-corrected chi connectivity index (χ2v) is 6.61. The Bertz CT molecular complexity index is 1010. The number of rotatable bonds is 5. The number of aromatic nitrogens is 1. The first-order chi connectivity index (χ1) is 12.5. The summed E-state index contributed by atoms with van der Waals surface area (Å²) in [5.74, 6) is -0.209. The topological polar surface area (TPSA) is 71.3 Å². The average molecular weight is 371 g/mol. The summed E-state index contributed by atoms with van der Waals surface area (Å²) in [6.45, 7) is 1.85. The summed E-state index contributed by atoms with van der Waals surface area (Å²) in [6.07, 6.45) is 1.15. The van der Waals surface area contributed by atoms with E-state index in [0.717, 1.165) is 5.56 Å². The number of carbonyl (C=O) groups excluding carboxylic acids is 1. The fourth-order valence-electron chi connectivity index (χ4n) is 2.86. The SMILES string of the molecule is CC(O)Cn1ccc2c(NC(=O)Cc3ccccc3Cl)cccc2c1=O. The minimum absolute atomic E-state index is 0.148. The van der Waals surface area contributed by atoms with Gasteiger partial charge in [-0.2, -0.15) is 0 Å². The molecule has 1 amide bonds. The normalized spacial score (nSPS) is 12.1. The highest BCUT2D eigenvalue weighted by molar-refractivity contribution is 6.31. The van der Waals surface area contributed by atoms with Gasteiger partial charge < -0.3 is 15.0 Å². The Hall–Kier alpha value is -2.63. The molecule has 0 aliphatic carbocycles. The lowest BCUT2D eigenvalue weighted by atomic mass is 10.1. The molecule has 0 saturated heterocycles. The molecule has 1 atom stereocenters. The number of hydrogen-bond acceptors (Lipinski definition) is 3. The number of nitrogens with zero attached hydrogens (tertiary/aromatic N) is 1. The Balaban J connectivity index is 1.89. The lowest BCUT2D eigenvalue weighted by Gasteiger charge is -2.12. The Labute approximate surface area is 155 Å². The Kier molecular flexibility index (Phi) is 5.40. The lowest BCUT2D eigenvalue weighted by Crippen LogP contribution is -2.25. The van der Waals surface area contributed by atoms with Crippen LogP contribution >= 0.6 is 11.6 Å². The van der Waals surface area contributed by atoms with Crippen LogP contribution in [0.15, 0.2) is 59.5 Å². The van der Waals surface area contributed by atoms with Gasteiger partial charge in [0.25, 0.3) is 5.56 Å². The van der Waals surface area contributed by atoms with Gasteiger partial charge in [0.2, 0.25) is 5.91 Å². The van der Waals surface area contributed by atoms with Crippen LogP contribution in [0.25, 0.3) is 10.8 Å². The fourth-order valence-corrected chi connectivity index (χ4v) is 3.07. The molecule has 134 valence electrons. The Morgan fingerprint density at radius 2 is 1.92 bits per heavy atom. The standard InChI is InChI=1S/C20H19ClN2O3/c1-13(24)12-23-10-9-15-16(20(23)26)6-4-8-18(15)22-19(25)11-14-5-2-3-7-17(14)21/h2-10,13,24H,11-12H2,1H3,(H,22,25). The van der Waals surface area contributed by atoms with E-state index in [2.05, 4.69) is 5.32 Å². The number of anilines is 1. The molecule has 1 unspecified atom stereocenters. The first-order valence-corrected chi connectivity index (χ1v) is 8.67. The van der Waals surface area contributed by atoms with Crippen molar-refractivity contribution in [3.63, 3.8) is 0 Å². The predicted molar refractivity (Wildman–Crippen MR) is 104 cm³/mol. The van der Waals surface area contributed by atoms with E-state index in [0.29, 0.717) is 21.5 Å². The van der Waals surface area contributed by atoms with Crippen LogP contribution in [0.3, 0.4) is 0 Å². The minimum atomic E-state index is -0.622. The maximum absolute atomic E-state index is 12.6. The molecule has 0 aliphatic rings. The van der Waals surface area contributed by atoms with Gasteiger partial charge in [-0.1, -0.05) is 35.9 Å². The second-order valence-electron chi connectivity index (χ2n) is 6.21. The number of hydrogen-bond donors (Lipinski definition) is 2. The molecule has 3 rings (SSSR count). The number of pyridine rings is 1. The molecule has 2 aromatic carbocycles. The molecule has 26 heavy (non-hydrogen) atoms. The van der Waals surface area contributed by atoms with E-state index in [9.17, 15) is 14.7 Å². The largest absolute Gasteiger partial charge is 0.392 e. The molecular weight excluding hydrogens is 352 g/mol. The average Bonchev–Trinajstić information content (AvgIpc) is 2.59. The number of aliphatic hydroxyl groups is 1. The number of carbonyl (C=O) groups is 1. The predicted octanol–water partition coefficient (Wildman–Crippen LogP) is 3.22. The zero-order valence-electron chi connectivity index (χ0n) is 14.3. The van der Waals surface area contributed by atoms with Crippen molar-refractivity contribution in [1.29, 1.82) is 0 Å².